The summed E-state index contributed by atoms with van der Waals surface area (Å²) in [6.45, 7) is 6.41. The van der Waals surface area contributed by atoms with Gasteiger partial charge in [0.1, 0.15) is 0 Å². The molecule has 0 saturated carbocycles. The van der Waals surface area contributed by atoms with Crippen LogP contribution in [-0.4, -0.2) is 12.4 Å². The summed E-state index contributed by atoms with van der Waals surface area (Å²) < 4.78 is 4.52. The minimum absolute atomic E-state index is 0.192. The van der Waals surface area contributed by atoms with Gasteiger partial charge in [-0.15, -0.1) is 0 Å². The fourth-order valence-corrected chi connectivity index (χ4v) is 2.81. The molecule has 1 aromatic rings. The minimum atomic E-state index is -0.405. The Hall–Kier alpha value is -1.64. The minimum Gasteiger partial charge on any atom is -0.395 e. The van der Waals surface area contributed by atoms with E-state index in [1.807, 2.05) is 25.1 Å². The van der Waals surface area contributed by atoms with Gasteiger partial charge in [0.05, 0.1) is 5.92 Å². The molecule has 1 rings (SSSR count). The number of carbonyl (C=O) groups is 2. The molecule has 3 heteroatoms. The number of carbonyl (C=O) groups excluding carboxylic acids is 2. The average molecular weight is 276 g/mol. The lowest BCUT2D eigenvalue weighted by Gasteiger charge is -2.25. The lowest BCUT2D eigenvalue weighted by Crippen LogP contribution is -2.24. The topological polar surface area (TPSA) is 43.4 Å². The number of benzene rings is 1. The van der Waals surface area contributed by atoms with E-state index in [1.165, 1.54) is 5.56 Å². The van der Waals surface area contributed by atoms with Gasteiger partial charge in [-0.25, -0.2) is 0 Å². The van der Waals surface area contributed by atoms with E-state index in [4.69, 9.17) is 0 Å². The summed E-state index contributed by atoms with van der Waals surface area (Å²) in [7, 11) is 0. The summed E-state index contributed by atoms with van der Waals surface area (Å²) >= 11 is 0. The molecule has 110 valence electrons. The maximum Gasteiger partial charge on any atom is 0.316 e. The summed E-state index contributed by atoms with van der Waals surface area (Å²) in [4.78, 5) is 22.1. The molecule has 3 nitrogen and oxygen atoms in total. The molecular weight excluding hydrogens is 252 g/mol. The van der Waals surface area contributed by atoms with E-state index in [-0.39, 0.29) is 18.3 Å². The normalized spacial score (nSPS) is 15.2. The van der Waals surface area contributed by atoms with Crippen LogP contribution in [0.2, 0.25) is 0 Å². The first-order chi connectivity index (χ1) is 9.63. The fraction of sp³-hybridized carbons (Fsp3) is 0.529. The van der Waals surface area contributed by atoms with Crippen molar-refractivity contribution in [2.75, 3.05) is 0 Å². The third-order valence-electron chi connectivity index (χ3n) is 4.01. The summed E-state index contributed by atoms with van der Waals surface area (Å²) in [6.07, 6.45) is 2.65. The number of esters is 1. The Morgan fingerprint density at radius 2 is 1.85 bits per heavy atom. The van der Waals surface area contributed by atoms with Gasteiger partial charge in [0.25, 0.3) is 0 Å². The van der Waals surface area contributed by atoms with Crippen LogP contribution in [0.25, 0.3) is 0 Å². The van der Waals surface area contributed by atoms with E-state index in [9.17, 15) is 9.59 Å². The Kier molecular flexibility index (Phi) is 6.99. The van der Waals surface area contributed by atoms with E-state index in [1.54, 1.807) is 0 Å². The molecule has 0 N–H and O–H groups in total. The van der Waals surface area contributed by atoms with Crippen LogP contribution in [-0.2, 0) is 14.3 Å². The van der Waals surface area contributed by atoms with E-state index >= 15 is 0 Å². The van der Waals surface area contributed by atoms with Crippen LogP contribution in [0.5, 0.6) is 0 Å². The van der Waals surface area contributed by atoms with Gasteiger partial charge < -0.3 is 4.74 Å². The van der Waals surface area contributed by atoms with Crippen molar-refractivity contribution >= 4 is 12.4 Å². The molecule has 0 bridgehead atoms. The van der Waals surface area contributed by atoms with Gasteiger partial charge in [-0.05, 0) is 36.7 Å². The zero-order valence-electron chi connectivity index (χ0n) is 12.5. The molecule has 0 aliphatic carbocycles. The summed E-state index contributed by atoms with van der Waals surface area (Å²) in [5.74, 6) is 0.0118. The van der Waals surface area contributed by atoms with E-state index in [0.29, 0.717) is 12.3 Å². The Morgan fingerprint density at radius 3 is 2.35 bits per heavy atom. The first-order valence-corrected chi connectivity index (χ1v) is 7.33. The smallest absolute Gasteiger partial charge is 0.316 e. The van der Waals surface area contributed by atoms with E-state index in [2.05, 4.69) is 30.7 Å². The quantitative estimate of drug-likeness (QED) is 0.410. The van der Waals surface area contributed by atoms with Crippen LogP contribution in [0, 0.1) is 11.8 Å². The highest BCUT2D eigenvalue weighted by molar-refractivity contribution is 5.78. The number of hydrogen-bond donors (Lipinski definition) is 0. The Bertz CT molecular complexity index is 414. The third-order valence-corrected chi connectivity index (χ3v) is 4.01. The highest BCUT2D eigenvalue weighted by atomic mass is 16.6. The molecule has 0 saturated heterocycles. The van der Waals surface area contributed by atoms with Crippen molar-refractivity contribution in [2.45, 2.75) is 46.0 Å². The third kappa shape index (κ3) is 4.48. The van der Waals surface area contributed by atoms with E-state index < -0.39 is 5.97 Å². The molecule has 3 atom stereocenters. The van der Waals surface area contributed by atoms with E-state index in [0.717, 1.165) is 12.8 Å². The second-order valence-electron chi connectivity index (χ2n) is 5.28. The Balaban J connectivity index is 2.73. The predicted molar refractivity (Wildman–Crippen MR) is 79.2 cm³/mol. The predicted octanol–water partition coefficient (Wildman–Crippen LogP) is 3.93. The zero-order valence-corrected chi connectivity index (χ0v) is 12.5. The van der Waals surface area contributed by atoms with Gasteiger partial charge >= 0.3 is 12.4 Å². The van der Waals surface area contributed by atoms with Crippen LogP contribution in [0.4, 0.5) is 0 Å². The largest absolute Gasteiger partial charge is 0.395 e. The Labute approximate surface area is 121 Å². The molecule has 0 radical (unpaired) electrons. The molecule has 0 fully saturated rings. The molecule has 0 spiro atoms. The summed E-state index contributed by atoms with van der Waals surface area (Å²) in [6, 6.07) is 10.4. The standard InChI is InChI=1S/C17H24O3/c1-4-14(15-9-7-6-8-10-15)11-13(3)16(5-2)17(19)20-12-18/h6-10,12-14,16H,4-5,11H2,1-3H3. The highest BCUT2D eigenvalue weighted by Gasteiger charge is 2.27. The highest BCUT2D eigenvalue weighted by Crippen LogP contribution is 2.31. The number of hydrogen-bond acceptors (Lipinski definition) is 3. The van der Waals surface area contributed by atoms with Crippen LogP contribution in [0.3, 0.4) is 0 Å². The van der Waals surface area contributed by atoms with Gasteiger partial charge in [-0.2, -0.15) is 0 Å². The van der Waals surface area contributed by atoms with Gasteiger partial charge in [-0.1, -0.05) is 51.1 Å². The summed E-state index contributed by atoms with van der Waals surface area (Å²) in [5, 5.41) is 0. The van der Waals surface area contributed by atoms with Crippen molar-refractivity contribution in [3.8, 4) is 0 Å². The van der Waals surface area contributed by atoms with Crippen LogP contribution >= 0.6 is 0 Å². The monoisotopic (exact) mass is 276 g/mol. The molecule has 0 aliphatic rings. The van der Waals surface area contributed by atoms with Gasteiger partial charge in [0, 0.05) is 0 Å². The lowest BCUT2D eigenvalue weighted by molar-refractivity contribution is -0.156. The second kappa shape index (κ2) is 8.51. The van der Waals surface area contributed by atoms with Crippen molar-refractivity contribution in [1.29, 1.82) is 0 Å². The molecule has 1 aromatic carbocycles. The molecule has 0 heterocycles. The maximum atomic E-state index is 11.8. The first kappa shape index (κ1) is 16.4. The number of ether oxygens (including phenoxy) is 1. The fourth-order valence-electron chi connectivity index (χ4n) is 2.81. The average Bonchev–Trinajstić information content (AvgIpc) is 2.46. The molecular formula is C17H24O3. The summed E-state index contributed by atoms with van der Waals surface area (Å²) in [5.41, 5.74) is 1.31. The van der Waals surface area contributed by atoms with Crippen molar-refractivity contribution in [3.63, 3.8) is 0 Å². The van der Waals surface area contributed by atoms with Crippen molar-refractivity contribution in [1.82, 2.24) is 0 Å². The zero-order chi connectivity index (χ0) is 15.0. The van der Waals surface area contributed by atoms with Crippen molar-refractivity contribution in [3.05, 3.63) is 35.9 Å². The lowest BCUT2D eigenvalue weighted by atomic mass is 9.81. The van der Waals surface area contributed by atoms with Gasteiger partial charge in [0.2, 0.25) is 0 Å². The first-order valence-electron chi connectivity index (χ1n) is 7.33. The van der Waals surface area contributed by atoms with Gasteiger partial charge in [0.15, 0.2) is 0 Å². The van der Waals surface area contributed by atoms with Crippen LogP contribution < -0.4 is 0 Å². The van der Waals surface area contributed by atoms with Crippen molar-refractivity contribution < 1.29 is 14.3 Å². The second-order valence-corrected chi connectivity index (χ2v) is 5.28. The van der Waals surface area contributed by atoms with Crippen LogP contribution in [0.15, 0.2) is 30.3 Å². The Morgan fingerprint density at radius 1 is 1.20 bits per heavy atom. The number of rotatable bonds is 8. The molecule has 0 aromatic heterocycles. The van der Waals surface area contributed by atoms with Gasteiger partial charge in [-0.3, -0.25) is 9.59 Å². The molecule has 0 amide bonds. The SMILES string of the molecule is CCC(CC(C)C(CC)C(=O)OC=O)c1ccccc1. The molecule has 3 unspecified atom stereocenters. The van der Waals surface area contributed by atoms with Crippen LogP contribution in [0.1, 0.15) is 51.5 Å². The van der Waals surface area contributed by atoms with Crippen molar-refractivity contribution in [2.24, 2.45) is 11.8 Å². The molecule has 0 aliphatic heterocycles. The maximum absolute atomic E-state index is 11.8. The molecule has 20 heavy (non-hydrogen) atoms.